The summed E-state index contributed by atoms with van der Waals surface area (Å²) in [5.74, 6) is -0.440. The van der Waals surface area contributed by atoms with Crippen LogP contribution < -0.4 is 0 Å². The summed E-state index contributed by atoms with van der Waals surface area (Å²) >= 11 is 0. The Balaban J connectivity index is 4.55. The molecule has 0 aliphatic carbocycles. The van der Waals surface area contributed by atoms with Gasteiger partial charge < -0.3 is 0 Å². The Hall–Kier alpha value is -0.580. The maximum Gasteiger partial charge on any atom is 0.234 e. The maximum atomic E-state index is 10.7. The van der Waals surface area contributed by atoms with Gasteiger partial charge in [0, 0.05) is 13.5 Å². The van der Waals surface area contributed by atoms with Gasteiger partial charge in [0.15, 0.2) is 0 Å². The van der Waals surface area contributed by atoms with E-state index in [1.165, 1.54) is 6.92 Å². The van der Waals surface area contributed by atoms with Crippen molar-refractivity contribution < 1.29 is 13.2 Å². The van der Waals surface area contributed by atoms with E-state index in [0.29, 0.717) is 0 Å². The highest BCUT2D eigenvalue weighted by atomic mass is 32.2. The minimum absolute atomic E-state index is 0.203. The molecule has 0 aromatic heterocycles. The lowest BCUT2D eigenvalue weighted by Crippen LogP contribution is -2.33. The third-order valence-electron chi connectivity index (χ3n) is 1.04. The Kier molecular flexibility index (Phi) is 2.83. The first-order valence-corrected chi connectivity index (χ1v) is 4.72. The molecule has 0 heterocycles. The Bertz CT molecular complexity index is 219. The number of carbonyl (C=O) groups is 1. The van der Waals surface area contributed by atoms with Gasteiger partial charge in [-0.1, -0.05) is 0 Å². The molecule has 4 nitrogen and oxygen atoms in total. The Morgan fingerprint density at radius 2 is 1.90 bits per heavy atom. The minimum Gasteiger partial charge on any atom is -0.274 e. The first-order valence-electron chi connectivity index (χ1n) is 2.88. The van der Waals surface area contributed by atoms with Crippen LogP contribution in [0.4, 0.5) is 0 Å². The van der Waals surface area contributed by atoms with Gasteiger partial charge in [-0.25, -0.2) is 12.7 Å². The van der Waals surface area contributed by atoms with Crippen molar-refractivity contribution in [1.82, 2.24) is 4.31 Å². The lowest BCUT2D eigenvalue weighted by molar-refractivity contribution is -0.124. The average molecular weight is 165 g/mol. The summed E-state index contributed by atoms with van der Waals surface area (Å²) in [6.45, 7) is 3.04. The van der Waals surface area contributed by atoms with Gasteiger partial charge in [0.1, 0.15) is 0 Å². The summed E-state index contributed by atoms with van der Waals surface area (Å²) < 4.78 is 22.2. The van der Waals surface area contributed by atoms with Crippen LogP contribution in [0, 0.1) is 0 Å². The van der Waals surface area contributed by atoms with Crippen molar-refractivity contribution in [3.05, 3.63) is 0 Å². The molecule has 0 fully saturated rings. The summed E-state index contributed by atoms with van der Waals surface area (Å²) in [4.78, 5) is 10.6. The molecule has 0 rings (SSSR count). The van der Waals surface area contributed by atoms with Crippen LogP contribution in [-0.4, -0.2) is 31.4 Å². The van der Waals surface area contributed by atoms with Crippen LogP contribution in [0.3, 0.4) is 0 Å². The summed E-state index contributed by atoms with van der Waals surface area (Å²) in [7, 11) is -3.33. The minimum atomic E-state index is -3.33. The van der Waals surface area contributed by atoms with Crippen LogP contribution in [-0.2, 0) is 14.8 Å². The van der Waals surface area contributed by atoms with Crippen molar-refractivity contribution in [2.45, 2.75) is 13.8 Å². The van der Waals surface area contributed by atoms with Crippen molar-refractivity contribution in [1.29, 1.82) is 0 Å². The smallest absolute Gasteiger partial charge is 0.234 e. The van der Waals surface area contributed by atoms with Gasteiger partial charge in [-0.3, -0.25) is 4.79 Å². The lowest BCUT2D eigenvalue weighted by atomic mass is 10.6. The van der Waals surface area contributed by atoms with Crippen molar-refractivity contribution in [3.63, 3.8) is 0 Å². The van der Waals surface area contributed by atoms with E-state index in [9.17, 15) is 13.2 Å². The van der Waals surface area contributed by atoms with E-state index in [-0.39, 0.29) is 6.54 Å². The van der Waals surface area contributed by atoms with E-state index in [1.54, 1.807) is 6.92 Å². The van der Waals surface area contributed by atoms with E-state index in [4.69, 9.17) is 0 Å². The van der Waals surface area contributed by atoms with Gasteiger partial charge in [0.25, 0.3) is 0 Å². The standard InChI is InChI=1S/C5H11NO3S/c1-4-6(5(2)7)10(3,8)9/h4H2,1-3H3. The van der Waals surface area contributed by atoms with Crippen LogP contribution >= 0.6 is 0 Å². The number of nitrogens with zero attached hydrogens (tertiary/aromatic N) is 1. The highest BCUT2D eigenvalue weighted by molar-refractivity contribution is 7.88. The van der Waals surface area contributed by atoms with E-state index in [0.717, 1.165) is 10.6 Å². The number of hydrogen-bond acceptors (Lipinski definition) is 3. The molecule has 0 N–H and O–H groups in total. The molecule has 0 atom stereocenters. The Morgan fingerprint density at radius 1 is 1.50 bits per heavy atom. The molecule has 5 heteroatoms. The average Bonchev–Trinajstić information content (AvgIpc) is 1.60. The van der Waals surface area contributed by atoms with Crippen LogP contribution in [0.5, 0.6) is 0 Å². The molecule has 0 saturated heterocycles. The highest BCUT2D eigenvalue weighted by Gasteiger charge is 2.16. The van der Waals surface area contributed by atoms with Crippen LogP contribution in [0.1, 0.15) is 13.8 Å². The predicted molar refractivity (Wildman–Crippen MR) is 37.9 cm³/mol. The molecule has 0 bridgehead atoms. The summed E-state index contributed by atoms with van der Waals surface area (Å²) in [6.07, 6.45) is 1.01. The second-order valence-electron chi connectivity index (χ2n) is 1.95. The van der Waals surface area contributed by atoms with Gasteiger partial charge >= 0.3 is 0 Å². The molecule has 0 unspecified atom stereocenters. The number of carbonyl (C=O) groups excluding carboxylic acids is 1. The van der Waals surface area contributed by atoms with E-state index in [1.807, 2.05) is 0 Å². The normalized spacial score (nSPS) is 11.1. The second-order valence-corrected chi connectivity index (χ2v) is 3.85. The predicted octanol–water partition coefficient (Wildman–Crippen LogP) is -0.186. The molecule has 0 aromatic rings. The molecule has 0 spiro atoms. The zero-order valence-electron chi connectivity index (χ0n) is 6.29. The SMILES string of the molecule is CCN(C(C)=O)S(C)(=O)=O. The zero-order chi connectivity index (χ0) is 8.36. The number of amides is 1. The monoisotopic (exact) mass is 165 g/mol. The highest BCUT2D eigenvalue weighted by Crippen LogP contribution is 1.96. The van der Waals surface area contributed by atoms with Crippen molar-refractivity contribution in [2.24, 2.45) is 0 Å². The molecular formula is C5H11NO3S. The topological polar surface area (TPSA) is 54.5 Å². The van der Waals surface area contributed by atoms with E-state index < -0.39 is 15.9 Å². The van der Waals surface area contributed by atoms with Crippen molar-refractivity contribution >= 4 is 15.9 Å². The van der Waals surface area contributed by atoms with Crippen LogP contribution in [0.2, 0.25) is 0 Å². The van der Waals surface area contributed by atoms with Gasteiger partial charge in [-0.15, -0.1) is 0 Å². The fourth-order valence-corrected chi connectivity index (χ4v) is 1.63. The fraction of sp³-hybridized carbons (Fsp3) is 0.800. The number of hydrogen-bond donors (Lipinski definition) is 0. The van der Waals surface area contributed by atoms with E-state index >= 15 is 0 Å². The molecule has 1 amide bonds. The van der Waals surface area contributed by atoms with Gasteiger partial charge in [-0.05, 0) is 6.92 Å². The van der Waals surface area contributed by atoms with Crippen molar-refractivity contribution in [3.8, 4) is 0 Å². The van der Waals surface area contributed by atoms with Gasteiger partial charge in [0.05, 0.1) is 6.26 Å². The molecule has 0 radical (unpaired) electrons. The number of rotatable bonds is 2. The summed E-state index contributed by atoms with van der Waals surface area (Å²) in [5, 5.41) is 0. The summed E-state index contributed by atoms with van der Waals surface area (Å²) in [6, 6.07) is 0. The molecule has 60 valence electrons. The largest absolute Gasteiger partial charge is 0.274 e. The van der Waals surface area contributed by atoms with Crippen LogP contribution in [0.15, 0.2) is 0 Å². The Labute approximate surface area is 60.9 Å². The Morgan fingerprint density at radius 3 is 1.90 bits per heavy atom. The maximum absolute atomic E-state index is 10.7. The lowest BCUT2D eigenvalue weighted by Gasteiger charge is -2.14. The van der Waals surface area contributed by atoms with Gasteiger partial charge in [-0.2, -0.15) is 0 Å². The number of sulfonamides is 1. The molecule has 0 aliphatic rings. The molecule has 0 aliphatic heterocycles. The molecule has 0 aromatic carbocycles. The first kappa shape index (κ1) is 9.42. The fourth-order valence-electron chi connectivity index (χ4n) is 0.691. The van der Waals surface area contributed by atoms with E-state index in [2.05, 4.69) is 0 Å². The second kappa shape index (κ2) is 3.01. The first-order chi connectivity index (χ1) is 4.39. The zero-order valence-corrected chi connectivity index (χ0v) is 7.10. The third kappa shape index (κ3) is 2.34. The van der Waals surface area contributed by atoms with Gasteiger partial charge in [0.2, 0.25) is 15.9 Å². The quantitative estimate of drug-likeness (QED) is 0.570. The third-order valence-corrected chi connectivity index (χ3v) is 2.35. The molecular weight excluding hydrogens is 154 g/mol. The van der Waals surface area contributed by atoms with Crippen LogP contribution in [0.25, 0.3) is 0 Å². The molecule has 10 heavy (non-hydrogen) atoms. The summed E-state index contributed by atoms with van der Waals surface area (Å²) in [5.41, 5.74) is 0. The van der Waals surface area contributed by atoms with Crippen molar-refractivity contribution in [2.75, 3.05) is 12.8 Å². The molecule has 0 saturated carbocycles.